The van der Waals surface area contributed by atoms with Gasteiger partial charge in [0.05, 0.1) is 10.6 Å². The Bertz CT molecular complexity index is 1710. The number of halogens is 1. The molecule has 2 aromatic carbocycles. The van der Waals surface area contributed by atoms with Crippen molar-refractivity contribution in [2.45, 2.75) is 4.34 Å². The third kappa shape index (κ3) is 5.71. The van der Waals surface area contributed by atoms with Crippen LogP contribution in [0.3, 0.4) is 0 Å². The van der Waals surface area contributed by atoms with Crippen LogP contribution >= 0.6 is 11.3 Å². The summed E-state index contributed by atoms with van der Waals surface area (Å²) >= 11 is 0.857. The van der Waals surface area contributed by atoms with E-state index in [2.05, 4.69) is 30.6 Å². The largest absolute Gasteiger partial charge is 0.324 e. The molecule has 0 aliphatic rings. The van der Waals surface area contributed by atoms with Crippen LogP contribution in [0.4, 0.5) is 21.7 Å². The van der Waals surface area contributed by atoms with Gasteiger partial charge in [-0.3, -0.25) is 9.78 Å². The molecule has 1 amide bonds. The summed E-state index contributed by atoms with van der Waals surface area (Å²) in [5.74, 6) is -0.651. The lowest BCUT2D eigenvalue weighted by molar-refractivity contribution is 0.102. The fraction of sp³-hybridized carbons (Fsp3) is 0.0385. The second kappa shape index (κ2) is 10.4. The van der Waals surface area contributed by atoms with Crippen molar-refractivity contribution in [1.29, 1.82) is 0 Å². The fourth-order valence-electron chi connectivity index (χ4n) is 3.46. The zero-order valence-corrected chi connectivity index (χ0v) is 21.4. The molecule has 3 aromatic heterocycles. The van der Waals surface area contributed by atoms with Crippen molar-refractivity contribution >= 4 is 44.4 Å². The van der Waals surface area contributed by atoms with E-state index in [9.17, 15) is 17.6 Å². The van der Waals surface area contributed by atoms with Crippen LogP contribution in [0.2, 0.25) is 0 Å². The summed E-state index contributed by atoms with van der Waals surface area (Å²) in [5, 5.41) is 5.85. The lowest BCUT2D eigenvalue weighted by Crippen LogP contribution is -2.14. The van der Waals surface area contributed by atoms with Crippen molar-refractivity contribution in [3.8, 4) is 21.7 Å². The predicted molar refractivity (Wildman–Crippen MR) is 144 cm³/mol. The molecular formula is C26H19FN6O3S2. The molecule has 0 atom stereocenters. The van der Waals surface area contributed by atoms with Crippen LogP contribution in [0.25, 0.3) is 21.7 Å². The SMILES string of the molecule is CS(=O)(=O)c1nc(C(=O)Nc2ccc(Nc3nccc(-c4cccnc4)n3)cc2)c(-c2ccc(F)cc2)s1. The summed E-state index contributed by atoms with van der Waals surface area (Å²) in [6.45, 7) is 0. The predicted octanol–water partition coefficient (Wildman–Crippen LogP) is 5.20. The van der Waals surface area contributed by atoms with Crippen molar-refractivity contribution in [2.24, 2.45) is 0 Å². The number of carbonyl (C=O) groups is 1. The van der Waals surface area contributed by atoms with Crippen LogP contribution < -0.4 is 10.6 Å². The van der Waals surface area contributed by atoms with Crippen molar-refractivity contribution in [2.75, 3.05) is 16.9 Å². The summed E-state index contributed by atoms with van der Waals surface area (Å²) in [6, 6.07) is 17.7. The molecule has 0 aliphatic carbocycles. The molecule has 0 spiro atoms. The number of aromatic nitrogens is 4. The molecule has 0 aliphatic heterocycles. The Labute approximate surface area is 221 Å². The Hall–Kier alpha value is -4.55. The first kappa shape index (κ1) is 25.1. The summed E-state index contributed by atoms with van der Waals surface area (Å²) < 4.78 is 37.4. The highest BCUT2D eigenvalue weighted by molar-refractivity contribution is 7.92. The lowest BCUT2D eigenvalue weighted by Gasteiger charge is -2.09. The molecule has 0 bridgehead atoms. The van der Waals surface area contributed by atoms with Crippen molar-refractivity contribution in [1.82, 2.24) is 19.9 Å². The van der Waals surface area contributed by atoms with Gasteiger partial charge >= 0.3 is 0 Å². The van der Waals surface area contributed by atoms with E-state index in [0.717, 1.165) is 23.2 Å². The number of amides is 1. The monoisotopic (exact) mass is 546 g/mol. The Morgan fingerprint density at radius 1 is 0.895 bits per heavy atom. The normalized spacial score (nSPS) is 11.2. The van der Waals surface area contributed by atoms with E-state index < -0.39 is 21.6 Å². The van der Waals surface area contributed by atoms with Crippen LogP contribution in [0, 0.1) is 5.82 Å². The summed E-state index contributed by atoms with van der Waals surface area (Å²) in [6.07, 6.45) is 6.06. The van der Waals surface area contributed by atoms with Gasteiger partial charge in [-0.25, -0.2) is 27.8 Å². The van der Waals surface area contributed by atoms with Crippen molar-refractivity contribution < 1.29 is 17.6 Å². The Morgan fingerprint density at radius 3 is 2.32 bits per heavy atom. The number of rotatable bonds is 7. The van der Waals surface area contributed by atoms with Crippen LogP contribution in [-0.2, 0) is 9.84 Å². The standard InChI is InChI=1S/C26H19FN6O3S2/c1-38(35,36)26-33-22(23(37-26)16-4-6-18(27)7-5-16)24(34)30-19-8-10-20(11-9-19)31-25-29-14-12-21(32-25)17-3-2-13-28-15-17/h2-15H,1H3,(H,30,34)(H,29,31,32). The maximum absolute atomic E-state index is 13.4. The zero-order chi connectivity index (χ0) is 26.7. The molecule has 5 rings (SSSR count). The molecular weight excluding hydrogens is 527 g/mol. The molecule has 0 saturated carbocycles. The minimum atomic E-state index is -3.65. The van der Waals surface area contributed by atoms with Gasteiger partial charge in [-0.1, -0.05) is 12.1 Å². The number of carbonyl (C=O) groups excluding carboxylic acids is 1. The minimum Gasteiger partial charge on any atom is -0.324 e. The molecule has 38 heavy (non-hydrogen) atoms. The second-order valence-corrected chi connectivity index (χ2v) is 11.3. The van der Waals surface area contributed by atoms with Crippen LogP contribution in [-0.4, -0.2) is 40.5 Å². The first-order valence-corrected chi connectivity index (χ1v) is 13.9. The molecule has 9 nitrogen and oxygen atoms in total. The number of pyridine rings is 1. The van der Waals surface area contributed by atoms with Gasteiger partial charge in [-0.2, -0.15) is 0 Å². The van der Waals surface area contributed by atoms with Crippen LogP contribution in [0.5, 0.6) is 0 Å². The maximum atomic E-state index is 13.4. The van der Waals surface area contributed by atoms with E-state index in [1.807, 2.05) is 12.1 Å². The summed E-state index contributed by atoms with van der Waals surface area (Å²) in [4.78, 5) is 30.3. The first-order valence-electron chi connectivity index (χ1n) is 11.1. The van der Waals surface area contributed by atoms with Crippen LogP contribution in [0.15, 0.2) is 89.7 Å². The number of nitrogens with one attached hydrogen (secondary N) is 2. The molecule has 0 unspecified atom stereocenters. The number of hydrogen-bond acceptors (Lipinski definition) is 9. The number of thiazole rings is 1. The second-order valence-electron chi connectivity index (χ2n) is 8.10. The highest BCUT2D eigenvalue weighted by Crippen LogP contribution is 2.33. The fourth-order valence-corrected chi connectivity index (χ4v) is 5.37. The number of benzene rings is 2. The minimum absolute atomic E-state index is 0.0650. The van der Waals surface area contributed by atoms with Crippen LogP contribution in [0.1, 0.15) is 10.5 Å². The number of hydrogen-bond donors (Lipinski definition) is 2. The van der Waals surface area contributed by atoms with Crippen molar-refractivity contribution in [3.63, 3.8) is 0 Å². The lowest BCUT2D eigenvalue weighted by atomic mass is 10.1. The number of anilines is 3. The molecule has 5 aromatic rings. The smallest absolute Gasteiger partial charge is 0.275 e. The first-order chi connectivity index (χ1) is 18.3. The van der Waals surface area contributed by atoms with Gasteiger partial charge in [-0.05, 0) is 60.2 Å². The average molecular weight is 547 g/mol. The Kier molecular flexibility index (Phi) is 6.90. The molecule has 0 fully saturated rings. The number of nitrogens with zero attached hydrogens (tertiary/aromatic N) is 4. The molecule has 0 radical (unpaired) electrons. The van der Waals surface area contributed by atoms with Gasteiger partial charge in [0.25, 0.3) is 5.91 Å². The van der Waals surface area contributed by atoms with E-state index in [-0.39, 0.29) is 10.0 Å². The highest BCUT2D eigenvalue weighted by atomic mass is 32.2. The third-order valence-corrected chi connectivity index (χ3v) is 8.04. The van der Waals surface area contributed by atoms with Gasteiger partial charge in [-0.15, -0.1) is 11.3 Å². The van der Waals surface area contributed by atoms with Gasteiger partial charge in [0.15, 0.2) is 0 Å². The Balaban J connectivity index is 1.34. The molecule has 190 valence electrons. The van der Waals surface area contributed by atoms with Crippen molar-refractivity contribution in [3.05, 3.63) is 96.8 Å². The quantitative estimate of drug-likeness (QED) is 0.285. The zero-order valence-electron chi connectivity index (χ0n) is 19.8. The summed E-state index contributed by atoms with van der Waals surface area (Å²) in [5.41, 5.74) is 3.14. The van der Waals surface area contributed by atoms with E-state index in [4.69, 9.17) is 0 Å². The van der Waals surface area contributed by atoms with Gasteiger partial charge in [0, 0.05) is 41.8 Å². The number of sulfone groups is 1. The third-order valence-electron chi connectivity index (χ3n) is 5.26. The summed E-state index contributed by atoms with van der Waals surface area (Å²) in [7, 11) is -3.65. The molecule has 0 saturated heterocycles. The molecule has 2 N–H and O–H groups in total. The Morgan fingerprint density at radius 2 is 1.63 bits per heavy atom. The van der Waals surface area contributed by atoms with E-state index in [1.165, 1.54) is 24.3 Å². The maximum Gasteiger partial charge on any atom is 0.275 e. The molecule has 12 heteroatoms. The van der Waals surface area contributed by atoms with E-state index >= 15 is 0 Å². The highest BCUT2D eigenvalue weighted by Gasteiger charge is 2.24. The van der Waals surface area contributed by atoms with E-state index in [0.29, 0.717) is 33.5 Å². The van der Waals surface area contributed by atoms with Gasteiger partial charge in [0.1, 0.15) is 11.5 Å². The average Bonchev–Trinajstić information content (AvgIpc) is 3.38. The topological polar surface area (TPSA) is 127 Å². The molecule has 3 heterocycles. The van der Waals surface area contributed by atoms with Gasteiger partial charge in [0.2, 0.25) is 20.1 Å². The van der Waals surface area contributed by atoms with Gasteiger partial charge < -0.3 is 10.6 Å². The van der Waals surface area contributed by atoms with E-state index in [1.54, 1.807) is 48.9 Å².